The van der Waals surface area contributed by atoms with Crippen LogP contribution in [0.25, 0.3) is 0 Å². The van der Waals surface area contributed by atoms with Crippen molar-refractivity contribution in [2.45, 2.75) is 52.4 Å². The van der Waals surface area contributed by atoms with E-state index in [-0.39, 0.29) is 19.5 Å². The smallest absolute Gasteiger partial charge is 0.694 e. The maximum absolute atomic E-state index is 6.46. The Balaban J connectivity index is -0.000000143. The van der Waals surface area contributed by atoms with Gasteiger partial charge in [-0.1, -0.05) is 26.7 Å². The molecule has 0 nitrogen and oxygen atoms in total. The quantitative estimate of drug-likeness (QED) is 0.298. The van der Waals surface area contributed by atoms with Crippen molar-refractivity contribution in [2.24, 2.45) is 0 Å². The average molecular weight is 228 g/mol. The van der Waals surface area contributed by atoms with Crippen molar-refractivity contribution in [3.05, 3.63) is 12.8 Å². The molecule has 68 valence electrons. The molecule has 0 amide bonds. The summed E-state index contributed by atoms with van der Waals surface area (Å²) in [6.07, 6.45) is 19.1. The third-order valence-electron chi connectivity index (χ3n) is 1.31. The SMILES string of the molecule is [C-]#CCCCC.[C-]#CCCCC.[Zn+2]. The first-order valence-electron chi connectivity index (χ1n) is 4.62. The fraction of sp³-hybridized carbons (Fsp3) is 0.667. The van der Waals surface area contributed by atoms with Crippen molar-refractivity contribution in [1.82, 2.24) is 0 Å². The van der Waals surface area contributed by atoms with Gasteiger partial charge in [0.1, 0.15) is 0 Å². The Hall–Kier alpha value is -0.257. The van der Waals surface area contributed by atoms with Crippen LogP contribution < -0.4 is 0 Å². The molecule has 13 heavy (non-hydrogen) atoms. The van der Waals surface area contributed by atoms with Crippen molar-refractivity contribution in [3.8, 4) is 11.8 Å². The number of unbranched alkanes of at least 4 members (excludes halogenated alkanes) is 4. The second kappa shape index (κ2) is 22.6. The summed E-state index contributed by atoms with van der Waals surface area (Å²) >= 11 is 0. The predicted molar refractivity (Wildman–Crippen MR) is 53.3 cm³/mol. The van der Waals surface area contributed by atoms with Crippen LogP contribution in [0.5, 0.6) is 0 Å². The molecule has 0 atom stereocenters. The van der Waals surface area contributed by atoms with Crippen LogP contribution in [0, 0.1) is 24.7 Å². The summed E-state index contributed by atoms with van der Waals surface area (Å²) in [5, 5.41) is 0. The van der Waals surface area contributed by atoms with Crippen molar-refractivity contribution in [1.29, 1.82) is 0 Å². The van der Waals surface area contributed by atoms with Crippen LogP contribution in [0.3, 0.4) is 0 Å². The van der Waals surface area contributed by atoms with Crippen molar-refractivity contribution >= 4 is 0 Å². The first kappa shape index (κ1) is 18.5. The van der Waals surface area contributed by atoms with Gasteiger partial charge in [-0.3, -0.25) is 0 Å². The molecule has 0 aromatic carbocycles. The van der Waals surface area contributed by atoms with Crippen LogP contribution in [0.2, 0.25) is 0 Å². The van der Waals surface area contributed by atoms with Crippen LogP contribution in [0.4, 0.5) is 0 Å². The molecule has 0 heterocycles. The third-order valence-corrected chi connectivity index (χ3v) is 1.31. The molecule has 0 spiro atoms. The minimum atomic E-state index is 0. The van der Waals surface area contributed by atoms with Crippen LogP contribution in [0.15, 0.2) is 0 Å². The van der Waals surface area contributed by atoms with Crippen LogP contribution >= 0.6 is 0 Å². The standard InChI is InChI=1S/2C6H9.Zn/c2*1-3-5-6-4-2;/h2*3,5-6H2,1H3;/q2*-1;+2. The number of hydrogen-bond acceptors (Lipinski definition) is 0. The summed E-state index contributed by atoms with van der Waals surface area (Å²) in [5.74, 6) is 4.64. The Morgan fingerprint density at radius 1 is 0.846 bits per heavy atom. The zero-order chi connectivity index (χ0) is 9.66. The molecule has 0 aliphatic heterocycles. The van der Waals surface area contributed by atoms with E-state index >= 15 is 0 Å². The first-order chi connectivity index (χ1) is 5.83. The van der Waals surface area contributed by atoms with E-state index in [9.17, 15) is 0 Å². The Labute approximate surface area is 96.6 Å². The van der Waals surface area contributed by atoms with E-state index in [1.165, 1.54) is 12.8 Å². The van der Waals surface area contributed by atoms with Crippen molar-refractivity contribution in [2.75, 3.05) is 0 Å². The predicted octanol–water partition coefficient (Wildman–Crippen LogP) is 3.53. The average Bonchev–Trinajstić information content (AvgIpc) is 2.12. The van der Waals surface area contributed by atoms with Gasteiger partial charge >= 0.3 is 19.5 Å². The molecule has 0 radical (unpaired) electrons. The fourth-order valence-electron chi connectivity index (χ4n) is 0.530. The summed E-state index contributed by atoms with van der Waals surface area (Å²) < 4.78 is 0. The summed E-state index contributed by atoms with van der Waals surface area (Å²) in [5.41, 5.74) is 0. The topological polar surface area (TPSA) is 0 Å². The zero-order valence-electron chi connectivity index (χ0n) is 8.95. The van der Waals surface area contributed by atoms with Gasteiger partial charge in [-0.05, 0) is 25.7 Å². The molecular weight excluding hydrogens is 210 g/mol. The van der Waals surface area contributed by atoms with Gasteiger partial charge in [0.2, 0.25) is 0 Å². The summed E-state index contributed by atoms with van der Waals surface area (Å²) in [7, 11) is 0. The normalized spacial score (nSPS) is 6.77. The van der Waals surface area contributed by atoms with E-state index in [2.05, 4.69) is 25.7 Å². The van der Waals surface area contributed by atoms with E-state index in [1.54, 1.807) is 0 Å². The van der Waals surface area contributed by atoms with Gasteiger partial charge in [-0.25, -0.2) is 0 Å². The molecule has 0 N–H and O–H groups in total. The monoisotopic (exact) mass is 226 g/mol. The Morgan fingerprint density at radius 2 is 1.15 bits per heavy atom. The van der Waals surface area contributed by atoms with E-state index in [1.807, 2.05) is 0 Å². The molecule has 0 rings (SSSR count). The van der Waals surface area contributed by atoms with Gasteiger partial charge in [-0.15, -0.1) is 0 Å². The Kier molecular flexibility index (Phi) is 32.2. The number of rotatable bonds is 4. The molecule has 0 saturated carbocycles. The summed E-state index contributed by atoms with van der Waals surface area (Å²) in [6, 6.07) is 0. The molecule has 0 aromatic rings. The third kappa shape index (κ3) is 33.8. The van der Waals surface area contributed by atoms with E-state index in [0.717, 1.165) is 25.7 Å². The van der Waals surface area contributed by atoms with Gasteiger partial charge in [0.25, 0.3) is 0 Å². The van der Waals surface area contributed by atoms with E-state index < -0.39 is 0 Å². The summed E-state index contributed by atoms with van der Waals surface area (Å²) in [6.45, 7) is 4.22. The maximum Gasteiger partial charge on any atom is 2.00 e. The van der Waals surface area contributed by atoms with Crippen LogP contribution in [-0.2, 0) is 19.5 Å². The van der Waals surface area contributed by atoms with Crippen molar-refractivity contribution < 1.29 is 19.5 Å². The molecule has 0 aliphatic carbocycles. The zero-order valence-corrected chi connectivity index (χ0v) is 11.9. The molecule has 0 bridgehead atoms. The van der Waals surface area contributed by atoms with Gasteiger partial charge in [-0.2, -0.15) is 0 Å². The van der Waals surface area contributed by atoms with E-state index in [0.29, 0.717) is 0 Å². The molecule has 0 unspecified atom stereocenters. The molecular formula is C12H18Zn. The fourth-order valence-corrected chi connectivity index (χ4v) is 0.530. The van der Waals surface area contributed by atoms with E-state index in [4.69, 9.17) is 12.8 Å². The van der Waals surface area contributed by atoms with Crippen LogP contribution in [-0.4, -0.2) is 0 Å². The van der Waals surface area contributed by atoms with Crippen LogP contribution in [0.1, 0.15) is 52.4 Å². The minimum absolute atomic E-state index is 0. The van der Waals surface area contributed by atoms with Gasteiger partial charge in [0, 0.05) is 0 Å². The largest absolute Gasteiger partial charge is 2.00 e. The molecule has 0 fully saturated rings. The Morgan fingerprint density at radius 3 is 1.23 bits per heavy atom. The molecule has 0 aromatic heterocycles. The van der Waals surface area contributed by atoms with Gasteiger partial charge < -0.3 is 24.7 Å². The molecule has 0 aliphatic rings. The first-order valence-corrected chi connectivity index (χ1v) is 4.62. The summed E-state index contributed by atoms with van der Waals surface area (Å²) in [4.78, 5) is 0. The molecule has 1 heteroatoms. The van der Waals surface area contributed by atoms with Gasteiger partial charge in [0.05, 0.1) is 0 Å². The van der Waals surface area contributed by atoms with Gasteiger partial charge in [0.15, 0.2) is 0 Å². The maximum atomic E-state index is 6.46. The minimum Gasteiger partial charge on any atom is -0.694 e. The molecule has 0 saturated heterocycles. The second-order valence-electron chi connectivity index (χ2n) is 2.56. The van der Waals surface area contributed by atoms with Crippen molar-refractivity contribution in [3.63, 3.8) is 0 Å². The number of hydrogen-bond donors (Lipinski definition) is 0. The Bertz CT molecular complexity index is 118. The second-order valence-corrected chi connectivity index (χ2v) is 2.56.